The number of thioether (sulfide) groups is 1. The molecule has 0 amide bonds. The summed E-state index contributed by atoms with van der Waals surface area (Å²) in [5, 5.41) is 0. The van der Waals surface area contributed by atoms with Crippen molar-refractivity contribution in [2.24, 2.45) is 0 Å². The van der Waals surface area contributed by atoms with Crippen molar-refractivity contribution in [2.75, 3.05) is 0 Å². The van der Waals surface area contributed by atoms with E-state index in [1.54, 1.807) is 6.92 Å². The van der Waals surface area contributed by atoms with E-state index in [1.165, 1.54) is 5.75 Å². The molecule has 0 rings (SSSR count). The molecule has 0 unspecified atom stereocenters. The van der Waals surface area contributed by atoms with Crippen LogP contribution in [0.3, 0.4) is 0 Å². The summed E-state index contributed by atoms with van der Waals surface area (Å²) in [5.74, 6) is -0.875. The van der Waals surface area contributed by atoms with Crippen LogP contribution in [0.1, 0.15) is 6.92 Å². The number of halogens is 2. The largest absolute Gasteiger partial charge is 0.284 e. The molecule has 0 aromatic heterocycles. The average Bonchev–Trinajstić information content (AvgIpc) is 1.35. The SMILES string of the molecule is C[CH]SC(F)F. The van der Waals surface area contributed by atoms with Crippen LogP contribution in [0.5, 0.6) is 0 Å². The van der Waals surface area contributed by atoms with Gasteiger partial charge < -0.3 is 0 Å². The van der Waals surface area contributed by atoms with Crippen molar-refractivity contribution in [2.45, 2.75) is 12.7 Å². The Hall–Kier alpha value is 0.210. The molecular weight excluding hydrogens is 106 g/mol. The van der Waals surface area contributed by atoms with Gasteiger partial charge in [0, 0.05) is 5.75 Å². The Kier molecular flexibility index (Phi) is 3.52. The monoisotopic (exact) mass is 111 g/mol. The fourth-order valence-electron chi connectivity index (χ4n) is 0.103. The molecule has 0 N–H and O–H groups in total. The molecule has 0 nitrogen and oxygen atoms in total. The molecule has 0 heterocycles. The third-order valence-electron chi connectivity index (χ3n) is 0.239. The smallest absolute Gasteiger partial charge is 0.198 e. The Morgan fingerprint density at radius 3 is 2.17 bits per heavy atom. The van der Waals surface area contributed by atoms with Gasteiger partial charge in [-0.15, -0.1) is 0 Å². The second kappa shape index (κ2) is 3.40. The predicted octanol–water partition coefficient (Wildman–Crippen LogP) is 2.12. The number of hydrogen-bond donors (Lipinski definition) is 0. The first-order valence-corrected chi connectivity index (χ1v) is 2.43. The van der Waals surface area contributed by atoms with Crippen LogP contribution in [-0.4, -0.2) is 5.76 Å². The van der Waals surface area contributed by atoms with Crippen LogP contribution < -0.4 is 0 Å². The maximum absolute atomic E-state index is 11.0. The molecule has 6 heavy (non-hydrogen) atoms. The highest BCUT2D eigenvalue weighted by Gasteiger charge is 1.96. The molecular formula is C3H5F2S. The molecule has 0 atom stereocenters. The van der Waals surface area contributed by atoms with Crippen LogP contribution in [0.25, 0.3) is 0 Å². The molecule has 1 radical (unpaired) electrons. The van der Waals surface area contributed by atoms with Gasteiger partial charge in [0.1, 0.15) is 0 Å². The van der Waals surface area contributed by atoms with Gasteiger partial charge in [0.15, 0.2) is 0 Å². The lowest BCUT2D eigenvalue weighted by atomic mass is 11.0. The molecule has 37 valence electrons. The maximum atomic E-state index is 11.0. The summed E-state index contributed by atoms with van der Waals surface area (Å²) in [7, 11) is 0. The maximum Gasteiger partial charge on any atom is 0.284 e. The molecule has 0 aromatic rings. The minimum atomic E-state index is -2.24. The zero-order chi connectivity index (χ0) is 4.99. The second-order valence-electron chi connectivity index (χ2n) is 0.632. The van der Waals surface area contributed by atoms with Crippen molar-refractivity contribution in [1.82, 2.24) is 0 Å². The second-order valence-corrected chi connectivity index (χ2v) is 1.73. The quantitative estimate of drug-likeness (QED) is 0.526. The van der Waals surface area contributed by atoms with Crippen molar-refractivity contribution in [3.05, 3.63) is 5.75 Å². The first kappa shape index (κ1) is 6.21. The molecule has 0 aliphatic carbocycles. The Morgan fingerprint density at radius 2 is 2.17 bits per heavy atom. The van der Waals surface area contributed by atoms with E-state index in [1.807, 2.05) is 0 Å². The van der Waals surface area contributed by atoms with Crippen molar-refractivity contribution in [3.63, 3.8) is 0 Å². The van der Waals surface area contributed by atoms with Gasteiger partial charge in [0.05, 0.1) is 0 Å². The Bertz CT molecular complexity index is 30.0. The van der Waals surface area contributed by atoms with E-state index >= 15 is 0 Å². The van der Waals surface area contributed by atoms with Crippen molar-refractivity contribution >= 4 is 11.8 Å². The third-order valence-corrected chi connectivity index (χ3v) is 0.717. The van der Waals surface area contributed by atoms with Gasteiger partial charge in [-0.1, -0.05) is 18.7 Å². The molecule has 0 aliphatic rings. The van der Waals surface area contributed by atoms with Crippen LogP contribution >= 0.6 is 11.8 Å². The topological polar surface area (TPSA) is 0 Å². The van der Waals surface area contributed by atoms with Gasteiger partial charge in [-0.25, -0.2) is 0 Å². The first-order valence-electron chi connectivity index (χ1n) is 1.49. The minimum absolute atomic E-state index is 0.528. The predicted molar refractivity (Wildman–Crippen MR) is 23.6 cm³/mol. The van der Waals surface area contributed by atoms with E-state index in [4.69, 9.17) is 0 Å². The van der Waals surface area contributed by atoms with Gasteiger partial charge in [-0.3, -0.25) is 0 Å². The van der Waals surface area contributed by atoms with Crippen molar-refractivity contribution < 1.29 is 8.78 Å². The Morgan fingerprint density at radius 1 is 1.67 bits per heavy atom. The molecule has 3 heteroatoms. The van der Waals surface area contributed by atoms with Crippen LogP contribution in [0, 0.1) is 5.75 Å². The van der Waals surface area contributed by atoms with E-state index in [0.29, 0.717) is 11.8 Å². The highest BCUT2D eigenvalue weighted by molar-refractivity contribution is 8.01. The highest BCUT2D eigenvalue weighted by Crippen LogP contribution is 2.14. The van der Waals surface area contributed by atoms with Gasteiger partial charge in [0.2, 0.25) is 0 Å². The van der Waals surface area contributed by atoms with E-state index < -0.39 is 5.76 Å². The summed E-state index contributed by atoms with van der Waals surface area (Å²) in [4.78, 5) is 0. The van der Waals surface area contributed by atoms with E-state index in [-0.39, 0.29) is 0 Å². The standard InChI is InChI=1S/C3H5F2S/c1-2-6-3(4)5/h2-3H,1H3. The minimum Gasteiger partial charge on any atom is -0.198 e. The van der Waals surface area contributed by atoms with Crippen LogP contribution in [-0.2, 0) is 0 Å². The van der Waals surface area contributed by atoms with Crippen LogP contribution in [0.2, 0.25) is 0 Å². The zero-order valence-corrected chi connectivity index (χ0v) is 4.14. The normalized spacial score (nSPS) is 10.0. The fourth-order valence-corrected chi connectivity index (χ4v) is 0.309. The molecule has 0 saturated heterocycles. The molecule has 0 bridgehead atoms. The summed E-state index contributed by atoms with van der Waals surface area (Å²) in [6, 6.07) is 0. The zero-order valence-electron chi connectivity index (χ0n) is 3.32. The molecule has 0 aliphatic heterocycles. The molecule has 0 fully saturated rings. The number of rotatable bonds is 2. The molecule has 0 saturated carbocycles. The lowest BCUT2D eigenvalue weighted by Gasteiger charge is -1.87. The van der Waals surface area contributed by atoms with Gasteiger partial charge in [-0.2, -0.15) is 8.78 Å². The number of hydrogen-bond acceptors (Lipinski definition) is 1. The fraction of sp³-hybridized carbons (Fsp3) is 0.667. The lowest BCUT2D eigenvalue weighted by molar-refractivity contribution is 0.253. The summed E-state index contributed by atoms with van der Waals surface area (Å²) in [6.07, 6.45) is 0. The average molecular weight is 111 g/mol. The van der Waals surface area contributed by atoms with Crippen molar-refractivity contribution in [1.29, 1.82) is 0 Å². The summed E-state index contributed by atoms with van der Waals surface area (Å²) >= 11 is 0.528. The highest BCUT2D eigenvalue weighted by atomic mass is 32.2. The third kappa shape index (κ3) is 4.21. The first-order chi connectivity index (χ1) is 2.77. The molecule has 0 spiro atoms. The van der Waals surface area contributed by atoms with Gasteiger partial charge in [0.25, 0.3) is 5.76 Å². The molecule has 0 aromatic carbocycles. The van der Waals surface area contributed by atoms with Gasteiger partial charge >= 0.3 is 0 Å². The Labute approximate surface area is 39.9 Å². The van der Waals surface area contributed by atoms with E-state index in [0.717, 1.165) is 0 Å². The van der Waals surface area contributed by atoms with Gasteiger partial charge in [-0.05, 0) is 0 Å². The van der Waals surface area contributed by atoms with E-state index in [2.05, 4.69) is 0 Å². The summed E-state index contributed by atoms with van der Waals surface area (Å²) in [5.41, 5.74) is 0. The number of alkyl halides is 2. The summed E-state index contributed by atoms with van der Waals surface area (Å²) < 4.78 is 21.9. The van der Waals surface area contributed by atoms with Crippen LogP contribution in [0.15, 0.2) is 0 Å². The van der Waals surface area contributed by atoms with E-state index in [9.17, 15) is 8.78 Å². The summed E-state index contributed by atoms with van der Waals surface area (Å²) in [6.45, 7) is 1.58. The Balaban J connectivity index is 2.63. The lowest BCUT2D eigenvalue weighted by Crippen LogP contribution is -1.74. The van der Waals surface area contributed by atoms with Crippen molar-refractivity contribution in [3.8, 4) is 0 Å². The van der Waals surface area contributed by atoms with Crippen LogP contribution in [0.4, 0.5) is 8.78 Å².